The quantitative estimate of drug-likeness (QED) is 0.726. The average Bonchev–Trinajstić information content (AvgIpc) is 3.12. The number of hydrogen-bond acceptors (Lipinski definition) is 4. The zero-order valence-electron chi connectivity index (χ0n) is 14.8. The highest BCUT2D eigenvalue weighted by Gasteiger charge is 2.27. The lowest BCUT2D eigenvalue weighted by Gasteiger charge is -2.32. The van der Waals surface area contributed by atoms with Gasteiger partial charge in [-0.25, -0.2) is 0 Å². The van der Waals surface area contributed by atoms with Crippen LogP contribution in [0.25, 0.3) is 5.65 Å². The Bertz CT molecular complexity index is 921. The second kappa shape index (κ2) is 7.15. The second-order valence-electron chi connectivity index (χ2n) is 6.69. The molecule has 0 radical (unpaired) electrons. The lowest BCUT2D eigenvalue weighted by molar-refractivity contribution is -0.131. The Labute approximate surface area is 152 Å². The molecule has 1 unspecified atom stereocenters. The molecule has 0 aliphatic carbocycles. The van der Waals surface area contributed by atoms with Gasteiger partial charge in [0.25, 0.3) is 0 Å². The Morgan fingerprint density at radius 3 is 3.04 bits per heavy atom. The van der Waals surface area contributed by atoms with E-state index in [1.165, 1.54) is 0 Å². The van der Waals surface area contributed by atoms with Gasteiger partial charge in [0, 0.05) is 25.2 Å². The Balaban J connectivity index is 1.48. The first-order valence-electron chi connectivity index (χ1n) is 8.95. The summed E-state index contributed by atoms with van der Waals surface area (Å²) in [6.45, 7) is 1.49. The molecule has 4 rings (SSSR count). The molecular weight excluding hydrogens is 328 g/mol. The summed E-state index contributed by atoms with van der Waals surface area (Å²) < 4.78 is 7.27. The number of aromatic nitrogens is 3. The molecule has 6 heteroatoms. The van der Waals surface area contributed by atoms with Gasteiger partial charge in [-0.15, -0.1) is 10.2 Å². The van der Waals surface area contributed by atoms with Crippen LogP contribution in [0.4, 0.5) is 0 Å². The normalized spacial score (nSPS) is 17.4. The van der Waals surface area contributed by atoms with Crippen molar-refractivity contribution in [3.05, 3.63) is 60.0 Å². The molecule has 6 nitrogen and oxygen atoms in total. The van der Waals surface area contributed by atoms with E-state index in [-0.39, 0.29) is 11.8 Å². The Morgan fingerprint density at radius 2 is 2.15 bits per heavy atom. The molecular formula is C20H22N4O2. The molecule has 1 aliphatic rings. The van der Waals surface area contributed by atoms with Crippen molar-refractivity contribution in [2.75, 3.05) is 20.2 Å². The number of methoxy groups -OCH3 is 1. The van der Waals surface area contributed by atoms with Crippen molar-refractivity contribution in [2.24, 2.45) is 0 Å². The van der Waals surface area contributed by atoms with E-state index in [1.54, 1.807) is 7.11 Å². The second-order valence-corrected chi connectivity index (χ2v) is 6.69. The molecule has 3 heterocycles. The molecule has 1 fully saturated rings. The van der Waals surface area contributed by atoms with Gasteiger partial charge in [0.05, 0.1) is 13.5 Å². The minimum atomic E-state index is 0.150. The SMILES string of the molecule is COc1cccc(CC(=O)N2CCCC(c3nnc4ccccn34)C2)c1. The van der Waals surface area contributed by atoms with Crippen molar-refractivity contribution >= 4 is 11.6 Å². The Morgan fingerprint density at radius 1 is 1.23 bits per heavy atom. The molecule has 1 atom stereocenters. The van der Waals surface area contributed by atoms with Gasteiger partial charge >= 0.3 is 0 Å². The number of hydrogen-bond donors (Lipinski definition) is 0. The van der Waals surface area contributed by atoms with Crippen molar-refractivity contribution in [1.82, 2.24) is 19.5 Å². The van der Waals surface area contributed by atoms with Crippen LogP contribution in [0.5, 0.6) is 5.75 Å². The van der Waals surface area contributed by atoms with Crippen LogP contribution in [-0.4, -0.2) is 45.6 Å². The van der Waals surface area contributed by atoms with Gasteiger partial charge in [0.1, 0.15) is 11.6 Å². The number of fused-ring (bicyclic) bond motifs is 1. The standard InChI is InChI=1S/C20H22N4O2/c1-26-17-8-4-6-15(12-17)13-19(25)23-10-5-7-16(14-23)20-22-21-18-9-2-3-11-24(18)20/h2-4,6,8-9,11-12,16H,5,7,10,13-14H2,1H3. The van der Waals surface area contributed by atoms with E-state index in [2.05, 4.69) is 10.2 Å². The zero-order chi connectivity index (χ0) is 17.9. The number of likely N-dealkylation sites (tertiary alicyclic amines) is 1. The maximum atomic E-state index is 12.8. The van der Waals surface area contributed by atoms with Crippen LogP contribution < -0.4 is 4.74 Å². The molecule has 1 amide bonds. The van der Waals surface area contributed by atoms with Gasteiger partial charge in [0.2, 0.25) is 5.91 Å². The molecule has 2 aromatic heterocycles. The summed E-state index contributed by atoms with van der Waals surface area (Å²) in [7, 11) is 1.64. The molecule has 1 aliphatic heterocycles. The third kappa shape index (κ3) is 3.27. The molecule has 1 aromatic carbocycles. The molecule has 26 heavy (non-hydrogen) atoms. The summed E-state index contributed by atoms with van der Waals surface area (Å²) in [5.41, 5.74) is 1.83. The number of piperidine rings is 1. The van der Waals surface area contributed by atoms with E-state index in [1.807, 2.05) is 58.0 Å². The van der Waals surface area contributed by atoms with Crippen molar-refractivity contribution in [2.45, 2.75) is 25.2 Å². The summed E-state index contributed by atoms with van der Waals surface area (Å²) in [4.78, 5) is 14.7. The fourth-order valence-corrected chi connectivity index (χ4v) is 3.62. The summed E-state index contributed by atoms with van der Waals surface area (Å²) in [6, 6.07) is 13.6. The van der Waals surface area contributed by atoms with E-state index in [4.69, 9.17) is 4.74 Å². The molecule has 0 saturated carbocycles. The van der Waals surface area contributed by atoms with Crippen LogP contribution in [0.1, 0.15) is 30.1 Å². The van der Waals surface area contributed by atoms with Gasteiger partial charge in [-0.3, -0.25) is 9.20 Å². The molecule has 0 spiro atoms. The van der Waals surface area contributed by atoms with Crippen LogP contribution in [0.15, 0.2) is 48.7 Å². The van der Waals surface area contributed by atoms with Crippen LogP contribution in [0.2, 0.25) is 0 Å². The van der Waals surface area contributed by atoms with Crippen LogP contribution >= 0.6 is 0 Å². The monoisotopic (exact) mass is 350 g/mol. The Kier molecular flexibility index (Phi) is 4.56. The molecule has 1 saturated heterocycles. The van der Waals surface area contributed by atoms with Crippen LogP contribution in [-0.2, 0) is 11.2 Å². The predicted molar refractivity (Wildman–Crippen MR) is 98.2 cm³/mol. The highest BCUT2D eigenvalue weighted by Crippen LogP contribution is 2.26. The third-order valence-electron chi connectivity index (χ3n) is 4.97. The predicted octanol–water partition coefficient (Wildman–Crippen LogP) is 2.69. The highest BCUT2D eigenvalue weighted by atomic mass is 16.5. The van der Waals surface area contributed by atoms with E-state index < -0.39 is 0 Å². The number of benzene rings is 1. The van der Waals surface area contributed by atoms with Gasteiger partial charge < -0.3 is 9.64 Å². The summed E-state index contributed by atoms with van der Waals surface area (Å²) in [6.07, 6.45) is 4.39. The lowest BCUT2D eigenvalue weighted by Crippen LogP contribution is -2.40. The number of pyridine rings is 1. The Hall–Kier alpha value is -2.89. The maximum absolute atomic E-state index is 12.8. The number of rotatable bonds is 4. The van der Waals surface area contributed by atoms with Gasteiger partial charge in [-0.1, -0.05) is 18.2 Å². The summed E-state index contributed by atoms with van der Waals surface area (Å²) in [5, 5.41) is 8.62. The van der Waals surface area contributed by atoms with E-state index in [9.17, 15) is 4.79 Å². The smallest absolute Gasteiger partial charge is 0.227 e. The minimum Gasteiger partial charge on any atom is -0.497 e. The summed E-state index contributed by atoms with van der Waals surface area (Å²) in [5.74, 6) is 2.09. The van der Waals surface area contributed by atoms with Crippen molar-refractivity contribution < 1.29 is 9.53 Å². The third-order valence-corrected chi connectivity index (χ3v) is 4.97. The fraction of sp³-hybridized carbons (Fsp3) is 0.350. The van der Waals surface area contributed by atoms with Gasteiger partial charge in [-0.05, 0) is 42.7 Å². The average molecular weight is 350 g/mol. The first-order valence-corrected chi connectivity index (χ1v) is 8.95. The van der Waals surface area contributed by atoms with Crippen LogP contribution in [0, 0.1) is 0 Å². The number of carbonyl (C=O) groups excluding carboxylic acids is 1. The number of nitrogens with zero attached hydrogens (tertiary/aromatic N) is 4. The molecule has 134 valence electrons. The largest absolute Gasteiger partial charge is 0.497 e. The van der Waals surface area contributed by atoms with Crippen molar-refractivity contribution in [1.29, 1.82) is 0 Å². The number of amides is 1. The van der Waals surface area contributed by atoms with Crippen molar-refractivity contribution in [3.63, 3.8) is 0 Å². The lowest BCUT2D eigenvalue weighted by atomic mass is 9.96. The van der Waals surface area contributed by atoms with E-state index in [0.29, 0.717) is 13.0 Å². The summed E-state index contributed by atoms with van der Waals surface area (Å²) >= 11 is 0. The number of ether oxygens (including phenoxy) is 1. The van der Waals surface area contributed by atoms with Gasteiger partial charge in [0.15, 0.2) is 5.65 Å². The zero-order valence-corrected chi connectivity index (χ0v) is 14.8. The first-order chi connectivity index (χ1) is 12.7. The maximum Gasteiger partial charge on any atom is 0.227 e. The first kappa shape index (κ1) is 16.6. The molecule has 0 N–H and O–H groups in total. The van der Waals surface area contributed by atoms with Crippen LogP contribution in [0.3, 0.4) is 0 Å². The fourth-order valence-electron chi connectivity index (χ4n) is 3.62. The number of carbonyl (C=O) groups is 1. The van der Waals surface area contributed by atoms with E-state index in [0.717, 1.165) is 42.2 Å². The molecule has 3 aromatic rings. The molecule has 0 bridgehead atoms. The highest BCUT2D eigenvalue weighted by molar-refractivity contribution is 5.79. The van der Waals surface area contributed by atoms with Crippen molar-refractivity contribution in [3.8, 4) is 5.75 Å². The topological polar surface area (TPSA) is 59.7 Å². The minimum absolute atomic E-state index is 0.150. The van der Waals surface area contributed by atoms with Gasteiger partial charge in [-0.2, -0.15) is 0 Å². The van der Waals surface area contributed by atoms with E-state index >= 15 is 0 Å².